The fourth-order valence-electron chi connectivity index (χ4n) is 2.81. The summed E-state index contributed by atoms with van der Waals surface area (Å²) >= 11 is 12.2. The number of quaternary nitrogens is 1. The van der Waals surface area contributed by atoms with Crippen LogP contribution < -0.4 is 10.6 Å². The second-order valence-electron chi connectivity index (χ2n) is 6.45. The molecule has 0 heterocycles. The maximum absolute atomic E-state index is 12.3. The Labute approximate surface area is 159 Å². The number of rotatable bonds is 7. The molecule has 2 aromatic rings. The van der Waals surface area contributed by atoms with E-state index in [0.717, 1.165) is 6.42 Å². The number of benzene rings is 2. The smallest absolute Gasteiger partial charge is 0.279 e. The van der Waals surface area contributed by atoms with E-state index >= 15 is 0 Å². The first kappa shape index (κ1) is 19.8. The van der Waals surface area contributed by atoms with Gasteiger partial charge in [0.05, 0.1) is 15.7 Å². The molecule has 0 aliphatic carbocycles. The summed E-state index contributed by atoms with van der Waals surface area (Å²) in [6.45, 7) is 6.78. The predicted molar refractivity (Wildman–Crippen MR) is 105 cm³/mol. The van der Waals surface area contributed by atoms with Crippen LogP contribution in [0.5, 0.6) is 0 Å². The molecule has 0 radical (unpaired) electrons. The highest BCUT2D eigenvalue weighted by molar-refractivity contribution is 6.39. The van der Waals surface area contributed by atoms with Crippen molar-refractivity contribution < 1.29 is 10.1 Å². The Bertz CT molecular complexity index is 694. The lowest BCUT2D eigenvalue weighted by atomic mass is 9.95. The lowest BCUT2D eigenvalue weighted by Crippen LogP contribution is -2.88. The van der Waals surface area contributed by atoms with Gasteiger partial charge in [0.15, 0.2) is 6.54 Å². The van der Waals surface area contributed by atoms with Crippen LogP contribution in [0.1, 0.15) is 37.9 Å². The van der Waals surface area contributed by atoms with E-state index in [1.54, 1.807) is 18.2 Å². The van der Waals surface area contributed by atoms with Crippen LogP contribution in [0.3, 0.4) is 0 Å². The van der Waals surface area contributed by atoms with E-state index < -0.39 is 0 Å². The van der Waals surface area contributed by atoms with Crippen LogP contribution in [-0.4, -0.2) is 12.5 Å². The lowest BCUT2D eigenvalue weighted by molar-refractivity contribution is -0.692. The summed E-state index contributed by atoms with van der Waals surface area (Å²) in [5.41, 5.74) is 3.02. The highest BCUT2D eigenvalue weighted by atomic mass is 35.5. The topological polar surface area (TPSA) is 45.7 Å². The number of carbonyl (C=O) groups is 1. The van der Waals surface area contributed by atoms with Gasteiger partial charge >= 0.3 is 0 Å². The van der Waals surface area contributed by atoms with Crippen molar-refractivity contribution in [3.05, 3.63) is 63.6 Å². The van der Waals surface area contributed by atoms with Crippen LogP contribution >= 0.6 is 23.2 Å². The summed E-state index contributed by atoms with van der Waals surface area (Å²) in [7, 11) is 0. The first-order valence-corrected chi connectivity index (χ1v) is 9.34. The van der Waals surface area contributed by atoms with Gasteiger partial charge < -0.3 is 10.6 Å². The van der Waals surface area contributed by atoms with Crippen molar-refractivity contribution in [1.29, 1.82) is 0 Å². The van der Waals surface area contributed by atoms with Gasteiger partial charge in [-0.15, -0.1) is 0 Å². The summed E-state index contributed by atoms with van der Waals surface area (Å²) in [6, 6.07) is 14.0. The highest BCUT2D eigenvalue weighted by Crippen LogP contribution is 2.29. The van der Waals surface area contributed by atoms with Gasteiger partial charge in [-0.3, -0.25) is 4.79 Å². The van der Waals surface area contributed by atoms with Crippen molar-refractivity contribution >= 4 is 34.8 Å². The molecule has 2 aromatic carbocycles. The van der Waals surface area contributed by atoms with E-state index in [9.17, 15) is 4.79 Å². The zero-order chi connectivity index (χ0) is 18.4. The Morgan fingerprint density at radius 1 is 1.08 bits per heavy atom. The van der Waals surface area contributed by atoms with Crippen LogP contribution in [0.2, 0.25) is 10.0 Å². The Balaban J connectivity index is 2.01. The molecule has 3 nitrogen and oxygen atoms in total. The van der Waals surface area contributed by atoms with E-state index in [4.69, 9.17) is 23.2 Å². The van der Waals surface area contributed by atoms with E-state index in [0.29, 0.717) is 28.2 Å². The monoisotopic (exact) mass is 379 g/mol. The Hall–Kier alpha value is -1.55. The molecule has 0 aromatic heterocycles. The van der Waals surface area contributed by atoms with Gasteiger partial charge in [-0.05, 0) is 24.1 Å². The number of amides is 1. The van der Waals surface area contributed by atoms with Crippen molar-refractivity contribution in [2.45, 2.75) is 33.2 Å². The van der Waals surface area contributed by atoms with E-state index in [2.05, 4.69) is 55.7 Å². The zero-order valence-corrected chi connectivity index (χ0v) is 16.4. The first-order valence-electron chi connectivity index (χ1n) is 8.58. The van der Waals surface area contributed by atoms with Crippen LogP contribution in [0.4, 0.5) is 5.69 Å². The van der Waals surface area contributed by atoms with Crippen molar-refractivity contribution in [3.63, 3.8) is 0 Å². The maximum Gasteiger partial charge on any atom is 0.279 e. The summed E-state index contributed by atoms with van der Waals surface area (Å²) in [5.74, 6) is 0.287. The zero-order valence-electron chi connectivity index (χ0n) is 14.9. The fraction of sp³-hybridized carbons (Fsp3) is 0.350. The van der Waals surface area contributed by atoms with E-state index in [1.807, 2.05) is 0 Å². The molecule has 1 amide bonds. The van der Waals surface area contributed by atoms with Gasteiger partial charge in [-0.25, -0.2) is 0 Å². The molecule has 0 saturated heterocycles. The minimum atomic E-state index is -0.120. The van der Waals surface area contributed by atoms with Crippen LogP contribution in [0, 0.1) is 5.92 Å². The second kappa shape index (κ2) is 9.23. The van der Waals surface area contributed by atoms with E-state index in [-0.39, 0.29) is 11.9 Å². The molecule has 0 aliphatic heterocycles. The van der Waals surface area contributed by atoms with Gasteiger partial charge in [-0.2, -0.15) is 0 Å². The van der Waals surface area contributed by atoms with E-state index in [1.165, 1.54) is 11.1 Å². The molecular formula is C20H25Cl2N2O+. The first-order chi connectivity index (χ1) is 11.9. The third-order valence-corrected chi connectivity index (χ3v) is 4.91. The van der Waals surface area contributed by atoms with Gasteiger partial charge in [0.2, 0.25) is 0 Å². The molecule has 0 aliphatic rings. The number of anilines is 1. The Kier molecular flexibility index (Phi) is 7.30. The lowest BCUT2D eigenvalue weighted by Gasteiger charge is -2.20. The number of carbonyl (C=O) groups excluding carboxylic acids is 1. The molecule has 25 heavy (non-hydrogen) atoms. The van der Waals surface area contributed by atoms with Crippen molar-refractivity contribution in [3.8, 4) is 0 Å². The largest absolute Gasteiger partial charge is 0.332 e. The Morgan fingerprint density at radius 3 is 2.20 bits per heavy atom. The second-order valence-corrected chi connectivity index (χ2v) is 7.26. The average Bonchev–Trinajstić information content (AvgIpc) is 2.59. The van der Waals surface area contributed by atoms with Crippen molar-refractivity contribution in [2.75, 3.05) is 11.9 Å². The summed E-state index contributed by atoms with van der Waals surface area (Å²) in [5, 5.41) is 5.75. The van der Waals surface area contributed by atoms with Crippen LogP contribution in [0.25, 0.3) is 0 Å². The van der Waals surface area contributed by atoms with Crippen molar-refractivity contribution in [1.82, 2.24) is 0 Å². The number of halogens is 2. The molecule has 2 rings (SSSR count). The van der Waals surface area contributed by atoms with Gasteiger partial charge in [-0.1, -0.05) is 74.3 Å². The summed E-state index contributed by atoms with van der Waals surface area (Å²) in [6.07, 6.45) is 1.03. The maximum atomic E-state index is 12.3. The van der Waals surface area contributed by atoms with Crippen LogP contribution in [0.15, 0.2) is 42.5 Å². The number of hydrogen-bond donors (Lipinski definition) is 2. The molecule has 0 fully saturated rings. The normalized spacial score (nSPS) is 12.2. The fourth-order valence-corrected chi connectivity index (χ4v) is 3.30. The van der Waals surface area contributed by atoms with Crippen LogP contribution in [-0.2, 0) is 11.2 Å². The molecule has 0 unspecified atom stereocenters. The molecule has 134 valence electrons. The van der Waals surface area contributed by atoms with Gasteiger partial charge in [0.25, 0.3) is 5.91 Å². The molecule has 1 atom stereocenters. The number of hydrogen-bond acceptors (Lipinski definition) is 1. The number of para-hydroxylation sites is 1. The quantitative estimate of drug-likeness (QED) is 0.732. The number of aryl methyl sites for hydroxylation is 1. The summed E-state index contributed by atoms with van der Waals surface area (Å²) in [4.78, 5) is 12.3. The third-order valence-electron chi connectivity index (χ3n) is 4.28. The Morgan fingerprint density at radius 2 is 1.68 bits per heavy atom. The van der Waals surface area contributed by atoms with Gasteiger partial charge in [0, 0.05) is 11.5 Å². The average molecular weight is 380 g/mol. The number of nitrogens with two attached hydrogens (primary N) is 1. The summed E-state index contributed by atoms with van der Waals surface area (Å²) < 4.78 is 0. The molecule has 5 heteroatoms. The minimum absolute atomic E-state index is 0.120. The standard InChI is InChI=1S/C20H24Cl2N2O/c1-4-14-8-10-15(11-9-14)19(13(2)3)23-12-18(25)24-20-16(21)6-5-7-17(20)22/h5-11,13,19,23H,4,12H2,1-3H3,(H,24,25)/p+1/t19-/m1/s1. The molecule has 0 saturated carbocycles. The number of nitrogens with one attached hydrogen (secondary N) is 1. The molecular weight excluding hydrogens is 355 g/mol. The van der Waals surface area contributed by atoms with Gasteiger partial charge in [0.1, 0.15) is 6.04 Å². The van der Waals surface area contributed by atoms with Crippen molar-refractivity contribution in [2.24, 2.45) is 5.92 Å². The molecule has 0 bridgehead atoms. The molecule has 3 N–H and O–H groups in total. The minimum Gasteiger partial charge on any atom is -0.332 e. The third kappa shape index (κ3) is 5.46. The predicted octanol–water partition coefficient (Wildman–Crippen LogP) is 4.46. The highest BCUT2D eigenvalue weighted by Gasteiger charge is 2.21. The SMILES string of the molecule is CCc1ccc([C@H]([NH2+]CC(=O)Nc2c(Cl)cccc2Cl)C(C)C)cc1. The molecule has 0 spiro atoms.